The molecule has 3 aromatic rings. The number of halogens is 1. The van der Waals surface area contributed by atoms with Crippen molar-refractivity contribution in [3.8, 4) is 0 Å². The van der Waals surface area contributed by atoms with Gasteiger partial charge in [0.05, 0.1) is 17.7 Å². The molecule has 0 atom stereocenters. The number of rotatable bonds is 6. The van der Waals surface area contributed by atoms with Crippen molar-refractivity contribution >= 4 is 22.6 Å². The Morgan fingerprint density at radius 3 is 2.45 bits per heavy atom. The molecule has 8 heteroatoms. The molecule has 5 rings (SSSR count). The molecule has 2 fully saturated rings. The number of imidazole rings is 1. The maximum atomic E-state index is 13.5. The summed E-state index contributed by atoms with van der Waals surface area (Å²) in [6.07, 6.45) is 2.35. The number of benzene rings is 2. The Morgan fingerprint density at radius 1 is 1.00 bits per heavy atom. The molecule has 1 aromatic heterocycles. The van der Waals surface area contributed by atoms with Crippen molar-refractivity contribution in [1.29, 1.82) is 0 Å². The van der Waals surface area contributed by atoms with Crippen LogP contribution in [0.2, 0.25) is 0 Å². The smallest absolute Gasteiger partial charge is 0.326 e. The van der Waals surface area contributed by atoms with E-state index >= 15 is 0 Å². The van der Waals surface area contributed by atoms with Gasteiger partial charge in [-0.15, -0.1) is 0 Å². The Kier molecular flexibility index (Phi) is 5.70. The molecule has 2 saturated heterocycles. The van der Waals surface area contributed by atoms with E-state index in [9.17, 15) is 14.0 Å². The lowest BCUT2D eigenvalue weighted by Gasteiger charge is -2.43. The number of aryl methyl sites for hydroxylation is 1. The molecule has 0 unspecified atom stereocenters. The van der Waals surface area contributed by atoms with Crippen LogP contribution >= 0.6 is 0 Å². The molecule has 0 bridgehead atoms. The molecule has 1 N–H and O–H groups in total. The van der Waals surface area contributed by atoms with E-state index in [1.54, 1.807) is 16.7 Å². The summed E-state index contributed by atoms with van der Waals surface area (Å²) in [6.45, 7) is 6.40. The summed E-state index contributed by atoms with van der Waals surface area (Å²) < 4.78 is 15.3. The Balaban J connectivity index is 1.25. The monoisotopic (exact) mass is 451 g/mol. The molecular formula is C25H30FN5O2. The number of piperidine rings is 1. The second-order valence-electron chi connectivity index (χ2n) is 9.03. The number of nitrogens with zero attached hydrogens (tertiary/aromatic N) is 4. The number of H-pyrrole nitrogens is 1. The van der Waals surface area contributed by atoms with Gasteiger partial charge in [-0.2, -0.15) is 0 Å². The Labute approximate surface area is 192 Å². The average molecular weight is 452 g/mol. The van der Waals surface area contributed by atoms with E-state index in [1.807, 2.05) is 36.1 Å². The third-order valence-electron chi connectivity index (χ3n) is 7.26. The molecule has 1 amide bonds. The molecule has 2 aliphatic rings. The highest BCUT2D eigenvalue weighted by Gasteiger charge is 2.53. The van der Waals surface area contributed by atoms with Gasteiger partial charge in [-0.25, -0.2) is 9.18 Å². The van der Waals surface area contributed by atoms with Crippen molar-refractivity contribution in [3.63, 3.8) is 0 Å². The van der Waals surface area contributed by atoms with Gasteiger partial charge in [-0.05, 0) is 69.1 Å². The van der Waals surface area contributed by atoms with Crippen LogP contribution in [-0.2, 0) is 11.3 Å². The van der Waals surface area contributed by atoms with Gasteiger partial charge < -0.3 is 19.7 Å². The van der Waals surface area contributed by atoms with Crippen molar-refractivity contribution in [3.05, 3.63) is 64.8 Å². The Morgan fingerprint density at radius 2 is 1.73 bits per heavy atom. The summed E-state index contributed by atoms with van der Waals surface area (Å²) in [6, 6.07) is 14.2. The topological polar surface area (TPSA) is 64.6 Å². The molecule has 3 heterocycles. The number of likely N-dealkylation sites (N-methyl/N-ethyl adjacent to an activating group) is 1. The van der Waals surface area contributed by atoms with Gasteiger partial charge in [-0.1, -0.05) is 12.1 Å². The lowest BCUT2D eigenvalue weighted by atomic mass is 9.85. The van der Waals surface area contributed by atoms with Gasteiger partial charge in [0, 0.05) is 31.9 Å². The number of carbonyl (C=O) groups is 1. The normalized spacial score (nSPS) is 18.7. The number of carbonyl (C=O) groups excluding carboxylic acids is 1. The van der Waals surface area contributed by atoms with Crippen LogP contribution in [0.4, 0.5) is 10.1 Å². The predicted molar refractivity (Wildman–Crippen MR) is 127 cm³/mol. The summed E-state index contributed by atoms with van der Waals surface area (Å²) in [5, 5.41) is 0. The van der Waals surface area contributed by atoms with E-state index < -0.39 is 5.54 Å². The molecule has 2 aromatic carbocycles. The Hall–Kier alpha value is -3.13. The molecule has 0 radical (unpaired) electrons. The van der Waals surface area contributed by atoms with Gasteiger partial charge >= 0.3 is 5.69 Å². The SMILES string of the molecule is CCN1CN(c2ccc(F)cc2)C2(CCN(CCCn3c(=O)[nH]c4ccccc43)CC2)C1=O. The minimum atomic E-state index is -0.557. The van der Waals surface area contributed by atoms with Crippen molar-refractivity contribution in [1.82, 2.24) is 19.4 Å². The van der Waals surface area contributed by atoms with Crippen molar-refractivity contribution in [2.45, 2.75) is 38.3 Å². The number of fused-ring (bicyclic) bond motifs is 1. The minimum Gasteiger partial charge on any atom is -0.339 e. The summed E-state index contributed by atoms with van der Waals surface area (Å²) in [7, 11) is 0. The molecule has 0 saturated carbocycles. The number of amides is 1. The first-order valence-corrected chi connectivity index (χ1v) is 11.7. The van der Waals surface area contributed by atoms with Gasteiger partial charge in [0.15, 0.2) is 0 Å². The highest BCUT2D eigenvalue weighted by molar-refractivity contribution is 5.93. The van der Waals surface area contributed by atoms with Crippen LogP contribution < -0.4 is 10.6 Å². The highest BCUT2D eigenvalue weighted by Crippen LogP contribution is 2.39. The van der Waals surface area contributed by atoms with E-state index in [0.29, 0.717) is 19.8 Å². The highest BCUT2D eigenvalue weighted by atomic mass is 19.1. The minimum absolute atomic E-state index is 0.0695. The molecule has 174 valence electrons. The van der Waals surface area contributed by atoms with E-state index in [4.69, 9.17) is 0 Å². The third kappa shape index (κ3) is 3.82. The second kappa shape index (κ2) is 8.67. The molecule has 1 spiro atoms. The fraction of sp³-hybridized carbons (Fsp3) is 0.440. The number of hydrogen-bond donors (Lipinski definition) is 1. The summed E-state index contributed by atoms with van der Waals surface area (Å²) in [5.41, 5.74) is 2.07. The first kappa shape index (κ1) is 21.7. The lowest BCUT2D eigenvalue weighted by Crippen LogP contribution is -2.56. The fourth-order valence-electron chi connectivity index (χ4n) is 5.39. The molecule has 33 heavy (non-hydrogen) atoms. The first-order chi connectivity index (χ1) is 16.0. The van der Waals surface area contributed by atoms with E-state index in [1.165, 1.54) is 12.1 Å². The maximum absolute atomic E-state index is 13.5. The van der Waals surface area contributed by atoms with Crippen molar-refractivity contribution in [2.75, 3.05) is 37.7 Å². The number of nitrogens with one attached hydrogen (secondary N) is 1. The van der Waals surface area contributed by atoms with E-state index in [-0.39, 0.29) is 17.4 Å². The summed E-state index contributed by atoms with van der Waals surface area (Å²) in [4.78, 5) is 35.0. The quantitative estimate of drug-likeness (QED) is 0.626. The maximum Gasteiger partial charge on any atom is 0.326 e. The standard InChI is InChI=1S/C25H30FN5O2/c1-2-29-18-31(20-10-8-19(26)9-11-20)25(23(29)32)12-16-28(17-13-25)14-5-15-30-22-7-4-3-6-21(22)27-24(30)33/h3-4,6-11H,2,5,12-18H2,1H3,(H,27,33). The second-order valence-corrected chi connectivity index (χ2v) is 9.03. The lowest BCUT2D eigenvalue weighted by molar-refractivity contribution is -0.133. The van der Waals surface area contributed by atoms with Crippen LogP contribution in [-0.4, -0.2) is 63.6 Å². The van der Waals surface area contributed by atoms with Crippen LogP contribution in [0.25, 0.3) is 11.0 Å². The molecular weight excluding hydrogens is 421 g/mol. The van der Waals surface area contributed by atoms with Crippen LogP contribution in [0.15, 0.2) is 53.3 Å². The van der Waals surface area contributed by atoms with Crippen LogP contribution in [0.3, 0.4) is 0 Å². The number of anilines is 1. The average Bonchev–Trinajstić information content (AvgIpc) is 3.29. The van der Waals surface area contributed by atoms with Gasteiger partial charge in [-0.3, -0.25) is 9.36 Å². The number of hydrogen-bond acceptors (Lipinski definition) is 4. The number of aromatic nitrogens is 2. The van der Waals surface area contributed by atoms with Crippen LogP contribution in [0.5, 0.6) is 0 Å². The zero-order chi connectivity index (χ0) is 23.0. The number of likely N-dealkylation sites (tertiary alicyclic amines) is 1. The zero-order valence-electron chi connectivity index (χ0n) is 19.0. The predicted octanol–water partition coefficient (Wildman–Crippen LogP) is 3.02. The Bertz CT molecular complexity index is 1190. The van der Waals surface area contributed by atoms with Gasteiger partial charge in [0.25, 0.3) is 0 Å². The van der Waals surface area contributed by atoms with Crippen molar-refractivity contribution in [2.24, 2.45) is 0 Å². The number of aromatic amines is 1. The molecule has 2 aliphatic heterocycles. The summed E-state index contributed by atoms with van der Waals surface area (Å²) >= 11 is 0. The molecule has 0 aliphatic carbocycles. The van der Waals surface area contributed by atoms with Crippen LogP contribution in [0, 0.1) is 5.82 Å². The fourth-order valence-corrected chi connectivity index (χ4v) is 5.39. The first-order valence-electron chi connectivity index (χ1n) is 11.7. The zero-order valence-corrected chi connectivity index (χ0v) is 19.0. The van der Waals surface area contributed by atoms with E-state index in [0.717, 1.165) is 55.6 Å². The molecule has 7 nitrogen and oxygen atoms in total. The van der Waals surface area contributed by atoms with Gasteiger partial charge in [0.2, 0.25) is 5.91 Å². The van der Waals surface area contributed by atoms with Crippen molar-refractivity contribution < 1.29 is 9.18 Å². The van der Waals surface area contributed by atoms with Gasteiger partial charge in [0.1, 0.15) is 11.4 Å². The number of para-hydroxylation sites is 2. The third-order valence-corrected chi connectivity index (χ3v) is 7.26. The van der Waals surface area contributed by atoms with E-state index in [2.05, 4.69) is 14.8 Å². The largest absolute Gasteiger partial charge is 0.339 e. The summed E-state index contributed by atoms with van der Waals surface area (Å²) in [5.74, 6) is -0.0888. The van der Waals surface area contributed by atoms with Crippen LogP contribution in [0.1, 0.15) is 26.2 Å².